The lowest BCUT2D eigenvalue weighted by Gasteiger charge is -2.33. The van der Waals surface area contributed by atoms with Crippen LogP contribution in [-0.4, -0.2) is 35.1 Å². The van der Waals surface area contributed by atoms with Crippen LogP contribution in [0.1, 0.15) is 63.7 Å². The van der Waals surface area contributed by atoms with Crippen LogP contribution in [0.4, 0.5) is 0 Å². The molecule has 1 saturated heterocycles. The van der Waals surface area contributed by atoms with E-state index in [0.29, 0.717) is 29.1 Å². The van der Waals surface area contributed by atoms with Crippen molar-refractivity contribution in [1.29, 1.82) is 5.26 Å². The average molecular weight is 421 g/mol. The molecule has 2 fully saturated rings. The lowest BCUT2D eigenvalue weighted by atomic mass is 9.77. The van der Waals surface area contributed by atoms with Gasteiger partial charge >= 0.3 is 0 Å². The standard InChI is InChI=1S/C23H28N6O2/c1-12-7-15(8-20(26-12)31-4)22-18-9-17(5-6-19(18)28-29-22)27-23(30)21-14(3)13(2)16(10-24)11-25-21/h7-8,11,17-19,22,28-29H,5-6,9H2,1-4H3,(H,27,30). The Hall–Kier alpha value is -3.02. The first-order valence-corrected chi connectivity index (χ1v) is 10.6. The number of fused-ring (bicyclic) bond motifs is 1. The number of carbonyl (C=O) groups excluding carboxylic acids is 1. The van der Waals surface area contributed by atoms with E-state index in [-0.39, 0.29) is 18.0 Å². The van der Waals surface area contributed by atoms with E-state index in [2.05, 4.69) is 38.3 Å². The minimum Gasteiger partial charge on any atom is -0.481 e. The highest BCUT2D eigenvalue weighted by Gasteiger charge is 2.41. The predicted molar refractivity (Wildman–Crippen MR) is 115 cm³/mol. The second-order valence-electron chi connectivity index (χ2n) is 8.49. The van der Waals surface area contributed by atoms with Crippen LogP contribution in [0.25, 0.3) is 0 Å². The van der Waals surface area contributed by atoms with Crippen molar-refractivity contribution in [2.24, 2.45) is 5.92 Å². The highest BCUT2D eigenvalue weighted by Crippen LogP contribution is 2.39. The molecule has 4 rings (SSSR count). The maximum atomic E-state index is 12.9. The van der Waals surface area contributed by atoms with Gasteiger partial charge in [-0.1, -0.05) is 0 Å². The number of ether oxygens (including phenoxy) is 1. The van der Waals surface area contributed by atoms with E-state index in [4.69, 9.17) is 4.74 Å². The minimum atomic E-state index is -0.176. The summed E-state index contributed by atoms with van der Waals surface area (Å²) in [6.45, 7) is 5.66. The van der Waals surface area contributed by atoms with E-state index >= 15 is 0 Å². The second kappa shape index (κ2) is 8.61. The minimum absolute atomic E-state index is 0.0694. The third-order valence-electron chi connectivity index (χ3n) is 6.59. The summed E-state index contributed by atoms with van der Waals surface area (Å²) in [6, 6.07) is 6.73. The summed E-state index contributed by atoms with van der Waals surface area (Å²) in [4.78, 5) is 21.6. The number of amides is 1. The molecule has 1 amide bonds. The van der Waals surface area contributed by atoms with Crippen LogP contribution in [0.2, 0.25) is 0 Å². The smallest absolute Gasteiger partial charge is 0.270 e. The summed E-state index contributed by atoms with van der Waals surface area (Å²) < 4.78 is 5.35. The summed E-state index contributed by atoms with van der Waals surface area (Å²) in [7, 11) is 1.63. The molecule has 1 saturated carbocycles. The maximum Gasteiger partial charge on any atom is 0.270 e. The first-order chi connectivity index (χ1) is 14.9. The van der Waals surface area contributed by atoms with Crippen LogP contribution < -0.4 is 20.9 Å². The van der Waals surface area contributed by atoms with Gasteiger partial charge in [-0.05, 0) is 68.7 Å². The van der Waals surface area contributed by atoms with Gasteiger partial charge in [0.2, 0.25) is 5.88 Å². The quantitative estimate of drug-likeness (QED) is 0.696. The van der Waals surface area contributed by atoms with E-state index in [0.717, 1.165) is 41.6 Å². The predicted octanol–water partition coefficient (Wildman–Crippen LogP) is 2.40. The third-order valence-corrected chi connectivity index (χ3v) is 6.59. The Morgan fingerprint density at radius 3 is 2.77 bits per heavy atom. The number of aryl methyl sites for hydroxylation is 1. The molecule has 4 atom stereocenters. The summed E-state index contributed by atoms with van der Waals surface area (Å²) >= 11 is 0. The number of nitrogens with zero attached hydrogens (tertiary/aromatic N) is 3. The molecule has 0 bridgehead atoms. The van der Waals surface area contributed by atoms with Crippen LogP contribution in [0.15, 0.2) is 18.3 Å². The van der Waals surface area contributed by atoms with Crippen molar-refractivity contribution in [1.82, 2.24) is 26.1 Å². The molecule has 1 aliphatic heterocycles. The molecule has 1 aliphatic carbocycles. The Labute approximate surface area is 182 Å². The Morgan fingerprint density at radius 1 is 1.23 bits per heavy atom. The molecular weight excluding hydrogens is 392 g/mol. The van der Waals surface area contributed by atoms with Gasteiger partial charge in [0, 0.05) is 30.0 Å². The van der Waals surface area contributed by atoms with Crippen molar-refractivity contribution < 1.29 is 9.53 Å². The number of carbonyl (C=O) groups is 1. The average Bonchev–Trinajstić information content (AvgIpc) is 3.18. The van der Waals surface area contributed by atoms with Crippen molar-refractivity contribution in [3.05, 3.63) is 52.0 Å². The highest BCUT2D eigenvalue weighted by molar-refractivity contribution is 5.94. The van der Waals surface area contributed by atoms with E-state index in [1.807, 2.05) is 26.8 Å². The molecule has 8 nitrogen and oxygen atoms in total. The number of hydrazine groups is 1. The van der Waals surface area contributed by atoms with Crippen LogP contribution in [0.5, 0.6) is 5.88 Å². The maximum absolute atomic E-state index is 12.9. The Kier molecular flexibility index (Phi) is 5.90. The Morgan fingerprint density at radius 2 is 2.03 bits per heavy atom. The summed E-state index contributed by atoms with van der Waals surface area (Å²) in [5, 5.41) is 12.4. The fourth-order valence-electron chi connectivity index (χ4n) is 4.76. The molecule has 0 spiro atoms. The molecule has 8 heteroatoms. The Balaban J connectivity index is 1.49. The molecule has 162 valence electrons. The van der Waals surface area contributed by atoms with Gasteiger partial charge in [0.25, 0.3) is 5.91 Å². The first kappa shape index (κ1) is 21.2. The fraction of sp³-hybridized carbons (Fsp3) is 0.478. The van der Waals surface area contributed by atoms with Gasteiger partial charge in [0.05, 0.1) is 18.7 Å². The number of rotatable bonds is 4. The van der Waals surface area contributed by atoms with Gasteiger partial charge in [0.1, 0.15) is 11.8 Å². The van der Waals surface area contributed by atoms with Gasteiger partial charge in [-0.3, -0.25) is 10.2 Å². The topological polar surface area (TPSA) is 112 Å². The van der Waals surface area contributed by atoms with Crippen LogP contribution >= 0.6 is 0 Å². The molecule has 31 heavy (non-hydrogen) atoms. The van der Waals surface area contributed by atoms with E-state index < -0.39 is 0 Å². The molecule has 0 aromatic carbocycles. The monoisotopic (exact) mass is 420 g/mol. The normalized spacial score (nSPS) is 24.9. The Bertz CT molecular complexity index is 1050. The van der Waals surface area contributed by atoms with Crippen LogP contribution in [-0.2, 0) is 0 Å². The second-order valence-corrected chi connectivity index (χ2v) is 8.49. The van der Waals surface area contributed by atoms with Crippen molar-refractivity contribution >= 4 is 5.91 Å². The van der Waals surface area contributed by atoms with E-state index in [9.17, 15) is 10.1 Å². The molecule has 2 aliphatic rings. The zero-order valence-electron chi connectivity index (χ0n) is 18.3. The molecule has 3 N–H and O–H groups in total. The highest BCUT2D eigenvalue weighted by atomic mass is 16.5. The lowest BCUT2D eigenvalue weighted by Crippen LogP contribution is -2.44. The number of hydrogen-bond donors (Lipinski definition) is 3. The van der Waals surface area contributed by atoms with E-state index in [1.54, 1.807) is 7.11 Å². The number of pyridine rings is 2. The van der Waals surface area contributed by atoms with Gasteiger partial charge in [0.15, 0.2) is 0 Å². The third kappa shape index (κ3) is 4.11. The molecule has 3 heterocycles. The molecular formula is C23H28N6O2. The van der Waals surface area contributed by atoms with Gasteiger partial charge < -0.3 is 10.1 Å². The van der Waals surface area contributed by atoms with Crippen LogP contribution in [0, 0.1) is 38.0 Å². The number of aromatic nitrogens is 2. The van der Waals surface area contributed by atoms with Crippen molar-refractivity contribution in [2.45, 2.75) is 58.2 Å². The van der Waals surface area contributed by atoms with Gasteiger partial charge in [-0.25, -0.2) is 15.4 Å². The molecule has 0 radical (unpaired) electrons. The summed E-state index contributed by atoms with van der Waals surface area (Å²) in [6.07, 6.45) is 4.22. The molecule has 2 aromatic heterocycles. The number of hydrogen-bond acceptors (Lipinski definition) is 7. The zero-order chi connectivity index (χ0) is 22.1. The van der Waals surface area contributed by atoms with Crippen molar-refractivity contribution in [3.63, 3.8) is 0 Å². The number of nitriles is 1. The molecule has 2 aromatic rings. The van der Waals surface area contributed by atoms with E-state index in [1.165, 1.54) is 6.20 Å². The first-order valence-electron chi connectivity index (χ1n) is 10.6. The zero-order valence-corrected chi connectivity index (χ0v) is 18.3. The van der Waals surface area contributed by atoms with Crippen molar-refractivity contribution in [3.8, 4) is 11.9 Å². The SMILES string of the molecule is COc1cc(C2NNC3CCC(NC(=O)c4ncc(C#N)c(C)c4C)CC32)cc(C)n1. The summed E-state index contributed by atoms with van der Waals surface area (Å²) in [5.41, 5.74) is 11.4. The summed E-state index contributed by atoms with van der Waals surface area (Å²) in [5.74, 6) is 0.770. The lowest BCUT2D eigenvalue weighted by molar-refractivity contribution is 0.0909. The van der Waals surface area contributed by atoms with Gasteiger partial charge in [-0.2, -0.15) is 5.26 Å². The van der Waals surface area contributed by atoms with Gasteiger partial charge in [-0.15, -0.1) is 0 Å². The largest absolute Gasteiger partial charge is 0.481 e. The number of nitrogens with one attached hydrogen (secondary N) is 3. The molecule has 4 unspecified atom stereocenters. The number of methoxy groups -OCH3 is 1. The van der Waals surface area contributed by atoms with Crippen molar-refractivity contribution in [2.75, 3.05) is 7.11 Å². The van der Waals surface area contributed by atoms with Crippen LogP contribution in [0.3, 0.4) is 0 Å². The fourth-order valence-corrected chi connectivity index (χ4v) is 4.76.